The molecule has 0 spiro atoms. The summed E-state index contributed by atoms with van der Waals surface area (Å²) in [5.41, 5.74) is 0.459. The molecule has 14 heteroatoms. The standard InChI is InChI=1S/2C13H13F3N2OS/c2*1-7-11(17-18(2)12(7)19)8-4-5-10(20-3)9(6-8)13(14,15)16/h2*4-6,17H,1-3H3. The average Bonchev–Trinajstić information content (AvgIpc) is 3.31. The van der Waals surface area contributed by atoms with Crippen molar-refractivity contribution in [1.29, 1.82) is 0 Å². The van der Waals surface area contributed by atoms with Crippen molar-refractivity contribution in [3.8, 4) is 22.5 Å². The lowest BCUT2D eigenvalue weighted by molar-refractivity contribution is -0.140. The molecule has 40 heavy (non-hydrogen) atoms. The number of halogens is 6. The highest BCUT2D eigenvalue weighted by Crippen LogP contribution is 2.39. The summed E-state index contributed by atoms with van der Waals surface area (Å²) in [4.78, 5) is 23.7. The zero-order valence-corrected chi connectivity index (χ0v) is 23.9. The Balaban J connectivity index is 0.000000220. The maximum absolute atomic E-state index is 13.0. The topological polar surface area (TPSA) is 75.6 Å². The molecule has 0 radical (unpaired) electrons. The highest BCUT2D eigenvalue weighted by molar-refractivity contribution is 7.98. The maximum atomic E-state index is 13.0. The zero-order valence-electron chi connectivity index (χ0n) is 22.3. The van der Waals surface area contributed by atoms with Crippen LogP contribution in [0.4, 0.5) is 26.3 Å². The summed E-state index contributed by atoms with van der Waals surface area (Å²) in [6, 6.07) is 8.16. The van der Waals surface area contributed by atoms with Crippen molar-refractivity contribution < 1.29 is 26.3 Å². The molecule has 0 bridgehead atoms. The van der Waals surface area contributed by atoms with Crippen LogP contribution in [-0.2, 0) is 26.4 Å². The first-order valence-electron chi connectivity index (χ1n) is 11.5. The second-order valence-corrected chi connectivity index (χ2v) is 10.5. The fourth-order valence-electron chi connectivity index (χ4n) is 4.05. The molecule has 2 aromatic carbocycles. The minimum Gasteiger partial charge on any atom is -0.295 e. The van der Waals surface area contributed by atoms with E-state index in [0.717, 1.165) is 35.7 Å². The molecular weight excluding hydrogens is 578 g/mol. The van der Waals surface area contributed by atoms with Crippen LogP contribution in [-0.4, -0.2) is 32.1 Å². The third-order valence-electron chi connectivity index (χ3n) is 6.15. The van der Waals surface area contributed by atoms with Crippen LogP contribution in [0.15, 0.2) is 55.8 Å². The van der Waals surface area contributed by atoms with Crippen molar-refractivity contribution in [3.63, 3.8) is 0 Å². The summed E-state index contributed by atoms with van der Waals surface area (Å²) in [6.45, 7) is 3.17. The van der Waals surface area contributed by atoms with Gasteiger partial charge in [-0.05, 0) is 50.6 Å². The van der Waals surface area contributed by atoms with E-state index in [0.29, 0.717) is 33.6 Å². The molecule has 6 nitrogen and oxygen atoms in total. The van der Waals surface area contributed by atoms with Crippen molar-refractivity contribution in [2.24, 2.45) is 14.1 Å². The van der Waals surface area contributed by atoms with Gasteiger partial charge < -0.3 is 0 Å². The first-order chi connectivity index (χ1) is 18.5. The quantitative estimate of drug-likeness (QED) is 0.197. The van der Waals surface area contributed by atoms with Crippen LogP contribution in [0.3, 0.4) is 0 Å². The van der Waals surface area contributed by atoms with Gasteiger partial charge >= 0.3 is 12.4 Å². The third-order valence-corrected chi connectivity index (χ3v) is 7.74. The van der Waals surface area contributed by atoms with E-state index in [9.17, 15) is 35.9 Å². The summed E-state index contributed by atoms with van der Waals surface area (Å²) in [5, 5.41) is 5.55. The molecule has 216 valence electrons. The highest BCUT2D eigenvalue weighted by atomic mass is 32.2. The second kappa shape index (κ2) is 11.7. The van der Waals surface area contributed by atoms with Crippen LogP contribution in [0.5, 0.6) is 0 Å². The van der Waals surface area contributed by atoms with Gasteiger partial charge in [-0.25, -0.2) is 0 Å². The largest absolute Gasteiger partial charge is 0.417 e. The maximum Gasteiger partial charge on any atom is 0.417 e. The molecule has 0 aliphatic heterocycles. The number of thioether (sulfide) groups is 2. The number of H-pyrrole nitrogens is 2. The number of aromatic nitrogens is 4. The number of hydrogen-bond acceptors (Lipinski definition) is 4. The van der Waals surface area contributed by atoms with Crippen molar-refractivity contribution in [2.45, 2.75) is 36.0 Å². The number of nitrogens with zero attached hydrogens (tertiary/aromatic N) is 2. The van der Waals surface area contributed by atoms with Gasteiger partial charge in [-0.2, -0.15) is 26.3 Å². The average molecular weight is 605 g/mol. The Morgan fingerprint density at radius 1 is 0.650 bits per heavy atom. The van der Waals surface area contributed by atoms with E-state index in [4.69, 9.17) is 0 Å². The number of rotatable bonds is 4. The van der Waals surface area contributed by atoms with E-state index in [1.807, 2.05) is 0 Å². The molecule has 2 N–H and O–H groups in total. The van der Waals surface area contributed by atoms with E-state index < -0.39 is 23.5 Å². The minimum absolute atomic E-state index is 0.164. The van der Waals surface area contributed by atoms with E-state index in [1.165, 1.54) is 35.6 Å². The van der Waals surface area contributed by atoms with Gasteiger partial charge in [0.2, 0.25) is 0 Å². The lowest BCUT2D eigenvalue weighted by Crippen LogP contribution is -2.12. The predicted octanol–water partition coefficient (Wildman–Crippen LogP) is 6.86. The van der Waals surface area contributed by atoms with Gasteiger partial charge in [0.15, 0.2) is 0 Å². The summed E-state index contributed by atoms with van der Waals surface area (Å²) >= 11 is 2.08. The number of aryl methyl sites for hydroxylation is 2. The first-order valence-corrected chi connectivity index (χ1v) is 14.0. The molecule has 0 saturated carbocycles. The molecule has 0 saturated heterocycles. The molecular formula is C26H26F6N4O2S2. The van der Waals surface area contributed by atoms with Gasteiger partial charge in [0, 0.05) is 46.1 Å². The van der Waals surface area contributed by atoms with Gasteiger partial charge in [-0.1, -0.05) is 12.1 Å². The third kappa shape index (κ3) is 6.38. The Morgan fingerprint density at radius 3 is 1.20 bits per heavy atom. The number of nitrogens with one attached hydrogen (secondary N) is 2. The van der Waals surface area contributed by atoms with Crippen LogP contribution in [0.25, 0.3) is 22.5 Å². The molecule has 0 amide bonds. The molecule has 0 aliphatic rings. The molecule has 0 atom stereocenters. The fraction of sp³-hybridized carbons (Fsp3) is 0.308. The normalized spacial score (nSPS) is 11.9. The van der Waals surface area contributed by atoms with E-state index in [2.05, 4.69) is 10.2 Å². The molecule has 4 aromatic rings. The van der Waals surface area contributed by atoms with Crippen LogP contribution < -0.4 is 11.1 Å². The van der Waals surface area contributed by atoms with Crippen molar-refractivity contribution in [1.82, 2.24) is 19.6 Å². The van der Waals surface area contributed by atoms with E-state index >= 15 is 0 Å². The van der Waals surface area contributed by atoms with Crippen molar-refractivity contribution in [3.05, 3.63) is 79.4 Å². The van der Waals surface area contributed by atoms with E-state index in [-0.39, 0.29) is 20.9 Å². The molecule has 0 aliphatic carbocycles. The van der Waals surface area contributed by atoms with Gasteiger partial charge in [0.25, 0.3) is 11.1 Å². The summed E-state index contributed by atoms with van der Waals surface area (Å²) in [6.07, 6.45) is -5.64. The SMILES string of the molecule is CSc1ccc(-c2[nH]n(C)c(=O)c2C)cc1C(F)(F)F.CSc1ccc(-c2[nH]n(C)c(=O)c2C)cc1C(F)(F)F. The van der Waals surface area contributed by atoms with Crippen LogP contribution in [0, 0.1) is 13.8 Å². The monoisotopic (exact) mass is 604 g/mol. The van der Waals surface area contributed by atoms with Gasteiger partial charge in [0.05, 0.1) is 22.5 Å². The van der Waals surface area contributed by atoms with Gasteiger partial charge in [-0.15, -0.1) is 23.5 Å². The Hall–Kier alpha value is -3.26. The molecule has 0 fully saturated rings. The first kappa shape index (κ1) is 31.3. The molecule has 4 rings (SSSR count). The summed E-state index contributed by atoms with van der Waals surface area (Å²) < 4.78 is 80.7. The highest BCUT2D eigenvalue weighted by Gasteiger charge is 2.35. The smallest absolute Gasteiger partial charge is 0.295 e. The Kier molecular flexibility index (Phi) is 9.14. The van der Waals surface area contributed by atoms with Crippen LogP contribution in [0.1, 0.15) is 22.3 Å². The molecule has 2 aromatic heterocycles. The van der Waals surface area contributed by atoms with Crippen LogP contribution >= 0.6 is 23.5 Å². The Labute approximate surface area is 233 Å². The van der Waals surface area contributed by atoms with Crippen LogP contribution in [0.2, 0.25) is 0 Å². The summed E-state index contributed by atoms with van der Waals surface area (Å²) in [7, 11) is 3.06. The molecule has 0 unspecified atom stereocenters. The molecule has 2 heterocycles. The minimum atomic E-state index is -4.42. The number of benzene rings is 2. The predicted molar refractivity (Wildman–Crippen MR) is 146 cm³/mol. The zero-order chi connectivity index (χ0) is 30.2. The van der Waals surface area contributed by atoms with E-state index in [1.54, 1.807) is 38.5 Å². The number of alkyl halides is 6. The lowest BCUT2D eigenvalue weighted by atomic mass is 10.1. The lowest BCUT2D eigenvalue weighted by Gasteiger charge is -2.12. The van der Waals surface area contributed by atoms with Gasteiger partial charge in [-0.3, -0.25) is 29.2 Å². The fourth-order valence-corrected chi connectivity index (χ4v) is 5.25. The number of hydrogen-bond donors (Lipinski definition) is 2. The van der Waals surface area contributed by atoms with Gasteiger partial charge in [0.1, 0.15) is 0 Å². The number of aromatic amines is 2. The Bertz CT molecular complexity index is 1520. The second-order valence-electron chi connectivity index (χ2n) is 8.78. The van der Waals surface area contributed by atoms with Crippen molar-refractivity contribution >= 4 is 23.5 Å². The van der Waals surface area contributed by atoms with Crippen molar-refractivity contribution in [2.75, 3.05) is 12.5 Å². The Morgan fingerprint density at radius 2 is 0.975 bits per heavy atom. The summed E-state index contributed by atoms with van der Waals surface area (Å²) in [5.74, 6) is 0.